The second-order valence-electron chi connectivity index (χ2n) is 6.34. The molecule has 22 heavy (non-hydrogen) atoms. The van der Waals surface area contributed by atoms with E-state index < -0.39 is 0 Å². The fraction of sp³-hybridized carbons (Fsp3) is 0.647. The number of piperidine rings is 1. The van der Waals surface area contributed by atoms with Crippen molar-refractivity contribution in [3.05, 3.63) is 23.9 Å². The van der Waals surface area contributed by atoms with E-state index in [1.54, 1.807) is 0 Å². The third-order valence-corrected chi connectivity index (χ3v) is 4.56. The van der Waals surface area contributed by atoms with Crippen molar-refractivity contribution in [2.75, 3.05) is 38.0 Å². The normalized spacial score (nSPS) is 22.1. The lowest BCUT2D eigenvalue weighted by molar-refractivity contribution is -0.127. The first-order valence-corrected chi connectivity index (χ1v) is 8.49. The third-order valence-electron chi connectivity index (χ3n) is 4.56. The van der Waals surface area contributed by atoms with Crippen molar-refractivity contribution in [2.45, 2.75) is 32.1 Å². The van der Waals surface area contributed by atoms with Crippen molar-refractivity contribution in [3.8, 4) is 0 Å². The first-order valence-electron chi connectivity index (χ1n) is 8.49. The summed E-state index contributed by atoms with van der Waals surface area (Å²) in [6.07, 6.45) is 5.33. The first-order chi connectivity index (χ1) is 10.8. The molecule has 3 heterocycles. The van der Waals surface area contributed by atoms with Gasteiger partial charge in [0.25, 0.3) is 0 Å². The van der Waals surface area contributed by atoms with Crippen LogP contribution in [0.1, 0.15) is 31.4 Å². The van der Waals surface area contributed by atoms with Crippen LogP contribution in [0.5, 0.6) is 0 Å². The van der Waals surface area contributed by atoms with Crippen LogP contribution >= 0.6 is 0 Å². The van der Waals surface area contributed by atoms with Gasteiger partial charge in [0.15, 0.2) is 0 Å². The number of likely N-dealkylation sites (tertiary alicyclic amines) is 1. The molecule has 0 aliphatic carbocycles. The molecular weight excluding hydrogens is 276 g/mol. The highest BCUT2D eigenvalue weighted by Crippen LogP contribution is 2.16. The number of pyridine rings is 1. The molecule has 0 aromatic carbocycles. The van der Waals surface area contributed by atoms with Crippen LogP contribution in [0.4, 0.5) is 5.82 Å². The Labute approximate surface area is 132 Å². The maximum atomic E-state index is 11.6. The minimum Gasteiger partial charge on any atom is -0.368 e. The Morgan fingerprint density at radius 3 is 3.09 bits per heavy atom. The zero-order valence-electron chi connectivity index (χ0n) is 13.2. The topological polar surface area (TPSA) is 57.3 Å². The summed E-state index contributed by atoms with van der Waals surface area (Å²) in [6.45, 7) is 4.71. The third kappa shape index (κ3) is 4.19. The molecule has 2 N–H and O–H groups in total. The average Bonchev–Trinajstić information content (AvgIpc) is 2.94. The van der Waals surface area contributed by atoms with Crippen molar-refractivity contribution in [1.29, 1.82) is 0 Å². The van der Waals surface area contributed by atoms with E-state index in [1.807, 2.05) is 11.0 Å². The highest BCUT2D eigenvalue weighted by atomic mass is 16.2. The standard InChI is InChI=1S/C17H26N4O/c22-17-7-3-10-21(17)11-9-19-16-6-1-5-15(20-16)12-14-4-2-8-18-13-14/h1,5-6,14,18H,2-4,7-13H2,(H,19,20). The van der Waals surface area contributed by atoms with Gasteiger partial charge >= 0.3 is 0 Å². The molecule has 2 fully saturated rings. The molecule has 2 aliphatic rings. The van der Waals surface area contributed by atoms with Gasteiger partial charge in [0, 0.05) is 31.7 Å². The Bertz CT molecular complexity index is 499. The number of carbonyl (C=O) groups is 1. The van der Waals surface area contributed by atoms with Gasteiger partial charge in [-0.2, -0.15) is 0 Å². The second-order valence-corrected chi connectivity index (χ2v) is 6.34. The van der Waals surface area contributed by atoms with Gasteiger partial charge in [0.2, 0.25) is 5.91 Å². The number of amides is 1. The highest BCUT2D eigenvalue weighted by molar-refractivity contribution is 5.78. The number of carbonyl (C=O) groups excluding carboxylic acids is 1. The summed E-state index contributed by atoms with van der Waals surface area (Å²) in [6, 6.07) is 6.19. The van der Waals surface area contributed by atoms with Crippen molar-refractivity contribution in [1.82, 2.24) is 15.2 Å². The van der Waals surface area contributed by atoms with Crippen LogP contribution in [0.25, 0.3) is 0 Å². The molecule has 2 aliphatic heterocycles. The molecule has 1 aromatic heterocycles. The molecule has 1 atom stereocenters. The SMILES string of the molecule is O=C1CCCN1CCNc1cccc(CC2CCCNC2)n1. The van der Waals surface area contributed by atoms with Crippen LogP contribution in [0.3, 0.4) is 0 Å². The van der Waals surface area contributed by atoms with Gasteiger partial charge in [-0.05, 0) is 56.8 Å². The van der Waals surface area contributed by atoms with E-state index >= 15 is 0 Å². The quantitative estimate of drug-likeness (QED) is 0.839. The first kappa shape index (κ1) is 15.3. The number of aromatic nitrogens is 1. The number of rotatable bonds is 6. The predicted molar refractivity (Wildman–Crippen MR) is 87.8 cm³/mol. The second kappa shape index (κ2) is 7.58. The van der Waals surface area contributed by atoms with E-state index in [-0.39, 0.29) is 5.91 Å². The Morgan fingerprint density at radius 2 is 2.32 bits per heavy atom. The fourth-order valence-corrected chi connectivity index (χ4v) is 3.35. The van der Waals surface area contributed by atoms with Crippen molar-refractivity contribution < 1.29 is 4.79 Å². The van der Waals surface area contributed by atoms with Crippen LogP contribution in [0, 0.1) is 5.92 Å². The summed E-state index contributed by atoms with van der Waals surface area (Å²) in [5.41, 5.74) is 1.16. The molecular formula is C17H26N4O. The molecule has 120 valence electrons. The van der Waals surface area contributed by atoms with Crippen LogP contribution in [-0.2, 0) is 11.2 Å². The van der Waals surface area contributed by atoms with Crippen LogP contribution in [0.15, 0.2) is 18.2 Å². The van der Waals surface area contributed by atoms with E-state index in [4.69, 9.17) is 4.98 Å². The zero-order valence-corrected chi connectivity index (χ0v) is 13.2. The van der Waals surface area contributed by atoms with Gasteiger partial charge in [0.05, 0.1) is 0 Å². The van der Waals surface area contributed by atoms with Crippen LogP contribution in [-0.4, -0.2) is 48.5 Å². The Morgan fingerprint density at radius 1 is 1.36 bits per heavy atom. The maximum Gasteiger partial charge on any atom is 0.222 e. The lowest BCUT2D eigenvalue weighted by Gasteiger charge is -2.22. The molecule has 0 spiro atoms. The minimum absolute atomic E-state index is 0.285. The van der Waals surface area contributed by atoms with E-state index in [0.29, 0.717) is 12.3 Å². The number of hydrogen-bond donors (Lipinski definition) is 2. The Kier molecular flexibility index (Phi) is 5.27. The van der Waals surface area contributed by atoms with E-state index in [1.165, 1.54) is 12.8 Å². The van der Waals surface area contributed by atoms with E-state index in [2.05, 4.69) is 22.8 Å². The lowest BCUT2D eigenvalue weighted by atomic mass is 9.94. The number of nitrogens with one attached hydrogen (secondary N) is 2. The number of hydrogen-bond acceptors (Lipinski definition) is 4. The van der Waals surface area contributed by atoms with Gasteiger partial charge in [-0.1, -0.05) is 6.07 Å². The monoisotopic (exact) mass is 302 g/mol. The number of nitrogens with zero attached hydrogens (tertiary/aromatic N) is 2. The van der Waals surface area contributed by atoms with Crippen molar-refractivity contribution in [2.24, 2.45) is 5.92 Å². The Balaban J connectivity index is 1.47. The van der Waals surface area contributed by atoms with Crippen LogP contribution < -0.4 is 10.6 Å². The summed E-state index contributed by atoms with van der Waals surface area (Å²) in [7, 11) is 0. The minimum atomic E-state index is 0.285. The Hall–Kier alpha value is -1.62. The fourth-order valence-electron chi connectivity index (χ4n) is 3.35. The molecule has 1 unspecified atom stereocenters. The van der Waals surface area contributed by atoms with Gasteiger partial charge in [-0.15, -0.1) is 0 Å². The smallest absolute Gasteiger partial charge is 0.222 e. The molecule has 1 amide bonds. The average molecular weight is 302 g/mol. The summed E-state index contributed by atoms with van der Waals surface area (Å²) in [4.78, 5) is 18.2. The molecule has 0 bridgehead atoms. The summed E-state index contributed by atoms with van der Waals surface area (Å²) < 4.78 is 0. The van der Waals surface area contributed by atoms with Gasteiger partial charge in [0.1, 0.15) is 5.82 Å². The molecule has 5 nitrogen and oxygen atoms in total. The van der Waals surface area contributed by atoms with Crippen molar-refractivity contribution >= 4 is 11.7 Å². The summed E-state index contributed by atoms with van der Waals surface area (Å²) >= 11 is 0. The van der Waals surface area contributed by atoms with Gasteiger partial charge in [-0.25, -0.2) is 4.98 Å². The molecule has 1 aromatic rings. The molecule has 3 rings (SSSR count). The van der Waals surface area contributed by atoms with Gasteiger partial charge < -0.3 is 15.5 Å². The van der Waals surface area contributed by atoms with E-state index in [9.17, 15) is 4.79 Å². The predicted octanol–water partition coefficient (Wildman–Crippen LogP) is 1.66. The molecule has 5 heteroatoms. The molecule has 2 saturated heterocycles. The van der Waals surface area contributed by atoms with Crippen molar-refractivity contribution in [3.63, 3.8) is 0 Å². The highest BCUT2D eigenvalue weighted by Gasteiger charge is 2.19. The van der Waals surface area contributed by atoms with Gasteiger partial charge in [-0.3, -0.25) is 4.79 Å². The summed E-state index contributed by atoms with van der Waals surface area (Å²) in [5.74, 6) is 1.92. The summed E-state index contributed by atoms with van der Waals surface area (Å²) in [5, 5.41) is 6.81. The lowest BCUT2D eigenvalue weighted by Crippen LogP contribution is -2.31. The molecule has 0 radical (unpaired) electrons. The largest absolute Gasteiger partial charge is 0.368 e. The van der Waals surface area contributed by atoms with E-state index in [0.717, 1.165) is 57.1 Å². The number of anilines is 1. The molecule has 0 saturated carbocycles. The zero-order chi connectivity index (χ0) is 15.2. The maximum absolute atomic E-state index is 11.6. The van der Waals surface area contributed by atoms with Crippen LogP contribution in [0.2, 0.25) is 0 Å².